The van der Waals surface area contributed by atoms with E-state index < -0.39 is 0 Å². The third-order valence-corrected chi connectivity index (χ3v) is 4.77. The summed E-state index contributed by atoms with van der Waals surface area (Å²) in [5.41, 5.74) is 1.62. The van der Waals surface area contributed by atoms with Crippen LogP contribution in [-0.4, -0.2) is 34.6 Å². The van der Waals surface area contributed by atoms with Gasteiger partial charge in [-0.3, -0.25) is 4.90 Å². The highest BCUT2D eigenvalue weighted by molar-refractivity contribution is 7.09. The zero-order chi connectivity index (χ0) is 14.3. The Morgan fingerprint density at radius 1 is 1.47 bits per heavy atom. The molecule has 2 rings (SSSR count). The van der Waals surface area contributed by atoms with Crippen LogP contribution < -0.4 is 5.32 Å². The molecule has 1 aliphatic rings. The molecule has 1 saturated heterocycles. The van der Waals surface area contributed by atoms with Crippen molar-refractivity contribution in [1.29, 1.82) is 0 Å². The first-order valence-electron chi connectivity index (χ1n) is 7.07. The molecule has 0 aromatic carbocycles. The average molecular weight is 281 g/mol. The minimum absolute atomic E-state index is 0.189. The average Bonchev–Trinajstić information content (AvgIpc) is 2.60. The number of nitrogens with zero attached hydrogens (tertiary/aromatic N) is 2. The fraction of sp³-hybridized carbons (Fsp3) is 0.800. The van der Waals surface area contributed by atoms with Crippen molar-refractivity contribution in [3.05, 3.63) is 16.1 Å². The molecule has 2 heterocycles. The number of thiazole rings is 1. The number of rotatable bonds is 2. The van der Waals surface area contributed by atoms with Crippen molar-refractivity contribution in [1.82, 2.24) is 15.2 Å². The van der Waals surface area contributed by atoms with Crippen molar-refractivity contribution in [2.24, 2.45) is 5.41 Å². The van der Waals surface area contributed by atoms with Gasteiger partial charge >= 0.3 is 0 Å². The van der Waals surface area contributed by atoms with Gasteiger partial charge in [0.15, 0.2) is 0 Å². The van der Waals surface area contributed by atoms with Crippen LogP contribution in [0.3, 0.4) is 0 Å². The van der Waals surface area contributed by atoms with Gasteiger partial charge in [-0.15, -0.1) is 11.3 Å². The van der Waals surface area contributed by atoms with Gasteiger partial charge in [-0.05, 0) is 26.2 Å². The first-order chi connectivity index (χ1) is 8.67. The fourth-order valence-electron chi connectivity index (χ4n) is 2.84. The lowest BCUT2D eigenvalue weighted by Gasteiger charge is -2.49. The summed E-state index contributed by atoms with van der Waals surface area (Å²) >= 11 is 1.78. The van der Waals surface area contributed by atoms with Gasteiger partial charge in [-0.2, -0.15) is 0 Å². The Hall–Kier alpha value is -0.450. The van der Waals surface area contributed by atoms with Crippen LogP contribution in [0.5, 0.6) is 0 Å². The topological polar surface area (TPSA) is 28.2 Å². The summed E-state index contributed by atoms with van der Waals surface area (Å²) in [6.45, 7) is 16.7. The van der Waals surface area contributed by atoms with Crippen LogP contribution in [0.2, 0.25) is 0 Å². The molecule has 0 bridgehead atoms. The largest absolute Gasteiger partial charge is 0.309 e. The lowest BCUT2D eigenvalue weighted by atomic mass is 9.82. The van der Waals surface area contributed by atoms with E-state index in [9.17, 15) is 0 Å². The first kappa shape index (κ1) is 14.9. The van der Waals surface area contributed by atoms with Gasteiger partial charge in [0.2, 0.25) is 0 Å². The predicted octanol–water partition coefficient (Wildman–Crippen LogP) is 3.05. The summed E-state index contributed by atoms with van der Waals surface area (Å²) in [6.07, 6.45) is 0. The standard InChI is InChI=1S/C15H27N3S/c1-11-9-19-13(17-11)8-18-10-15(5,6)16-7-12(18)14(2,3)4/h9,12,16H,7-8,10H2,1-6H3. The summed E-state index contributed by atoms with van der Waals surface area (Å²) in [5.74, 6) is 0. The maximum atomic E-state index is 4.63. The first-order valence-corrected chi connectivity index (χ1v) is 7.95. The Morgan fingerprint density at radius 2 is 2.16 bits per heavy atom. The molecule has 3 nitrogen and oxygen atoms in total. The van der Waals surface area contributed by atoms with E-state index in [0.29, 0.717) is 6.04 Å². The molecule has 1 atom stereocenters. The Bertz CT molecular complexity index is 431. The van der Waals surface area contributed by atoms with Crippen LogP contribution >= 0.6 is 11.3 Å². The van der Waals surface area contributed by atoms with Crippen molar-refractivity contribution >= 4 is 11.3 Å². The van der Waals surface area contributed by atoms with Gasteiger partial charge in [-0.1, -0.05) is 20.8 Å². The van der Waals surface area contributed by atoms with Gasteiger partial charge in [0.05, 0.1) is 6.54 Å². The smallest absolute Gasteiger partial charge is 0.107 e. The van der Waals surface area contributed by atoms with E-state index >= 15 is 0 Å². The summed E-state index contributed by atoms with van der Waals surface area (Å²) in [5, 5.41) is 7.07. The van der Waals surface area contributed by atoms with Gasteiger partial charge < -0.3 is 5.32 Å². The molecule has 4 heteroatoms. The highest BCUT2D eigenvalue weighted by atomic mass is 32.1. The van der Waals surface area contributed by atoms with Crippen molar-refractivity contribution in [2.75, 3.05) is 13.1 Å². The number of hydrogen-bond acceptors (Lipinski definition) is 4. The molecule has 0 aliphatic carbocycles. The van der Waals surface area contributed by atoms with E-state index in [0.717, 1.165) is 25.3 Å². The van der Waals surface area contributed by atoms with Gasteiger partial charge in [0, 0.05) is 35.7 Å². The molecule has 1 aliphatic heterocycles. The highest BCUT2D eigenvalue weighted by Crippen LogP contribution is 2.30. The number of aromatic nitrogens is 1. The maximum Gasteiger partial charge on any atom is 0.107 e. The normalized spacial score (nSPS) is 24.6. The van der Waals surface area contributed by atoms with Crippen molar-refractivity contribution in [3.8, 4) is 0 Å². The molecule has 1 aromatic rings. The van der Waals surface area contributed by atoms with E-state index in [-0.39, 0.29) is 11.0 Å². The summed E-state index contributed by atoms with van der Waals surface area (Å²) in [6, 6.07) is 0.560. The Kier molecular flexibility index (Phi) is 4.05. The second-order valence-electron chi connectivity index (χ2n) is 7.43. The summed E-state index contributed by atoms with van der Waals surface area (Å²) in [4.78, 5) is 7.23. The maximum absolute atomic E-state index is 4.63. The van der Waals surface area contributed by atoms with Crippen molar-refractivity contribution in [3.63, 3.8) is 0 Å². The molecule has 0 spiro atoms. The molecule has 0 radical (unpaired) electrons. The zero-order valence-corrected chi connectivity index (χ0v) is 13.9. The van der Waals surface area contributed by atoms with Crippen LogP contribution in [-0.2, 0) is 6.54 Å². The van der Waals surface area contributed by atoms with Gasteiger partial charge in [0.25, 0.3) is 0 Å². The lowest BCUT2D eigenvalue weighted by Crippen LogP contribution is -2.64. The van der Waals surface area contributed by atoms with E-state index in [1.165, 1.54) is 5.01 Å². The molecule has 19 heavy (non-hydrogen) atoms. The molecular weight excluding hydrogens is 254 g/mol. The SMILES string of the molecule is Cc1csc(CN2CC(C)(C)NCC2C(C)(C)C)n1. The van der Waals surface area contributed by atoms with Crippen molar-refractivity contribution < 1.29 is 0 Å². The second-order valence-corrected chi connectivity index (χ2v) is 8.38. The molecule has 0 saturated carbocycles. The summed E-state index contributed by atoms with van der Waals surface area (Å²) < 4.78 is 0. The lowest BCUT2D eigenvalue weighted by molar-refractivity contribution is 0.0271. The molecule has 108 valence electrons. The fourth-order valence-corrected chi connectivity index (χ4v) is 3.64. The number of aryl methyl sites for hydroxylation is 1. The van der Waals surface area contributed by atoms with E-state index in [1.54, 1.807) is 11.3 Å². The van der Waals surface area contributed by atoms with E-state index in [1.807, 2.05) is 0 Å². The molecular formula is C15H27N3S. The minimum Gasteiger partial charge on any atom is -0.309 e. The second kappa shape index (κ2) is 5.15. The highest BCUT2D eigenvalue weighted by Gasteiger charge is 2.38. The van der Waals surface area contributed by atoms with Gasteiger partial charge in [0.1, 0.15) is 5.01 Å². The third-order valence-electron chi connectivity index (χ3n) is 3.82. The monoisotopic (exact) mass is 281 g/mol. The minimum atomic E-state index is 0.189. The Labute approximate surface area is 121 Å². The van der Waals surface area contributed by atoms with Crippen LogP contribution in [0.15, 0.2) is 5.38 Å². The van der Waals surface area contributed by atoms with Crippen LogP contribution in [0, 0.1) is 12.3 Å². The molecule has 1 unspecified atom stereocenters. The van der Waals surface area contributed by atoms with Crippen LogP contribution in [0.25, 0.3) is 0 Å². The summed E-state index contributed by atoms with van der Waals surface area (Å²) in [7, 11) is 0. The predicted molar refractivity (Wildman–Crippen MR) is 82.6 cm³/mol. The van der Waals surface area contributed by atoms with Crippen LogP contribution in [0.4, 0.5) is 0 Å². The molecule has 1 aromatic heterocycles. The Balaban J connectivity index is 2.16. The number of hydrogen-bond donors (Lipinski definition) is 1. The molecule has 0 amide bonds. The molecule has 1 N–H and O–H groups in total. The van der Waals surface area contributed by atoms with E-state index in [4.69, 9.17) is 0 Å². The number of piperazine rings is 1. The quantitative estimate of drug-likeness (QED) is 0.903. The third kappa shape index (κ3) is 3.77. The van der Waals surface area contributed by atoms with Crippen molar-refractivity contribution in [2.45, 2.75) is 59.7 Å². The Morgan fingerprint density at radius 3 is 2.68 bits per heavy atom. The van der Waals surface area contributed by atoms with Gasteiger partial charge in [-0.25, -0.2) is 4.98 Å². The molecule has 1 fully saturated rings. The van der Waals surface area contributed by atoms with Crippen LogP contribution in [0.1, 0.15) is 45.3 Å². The zero-order valence-electron chi connectivity index (χ0n) is 13.1. The number of nitrogens with one attached hydrogen (secondary N) is 1. The van der Waals surface area contributed by atoms with E-state index in [2.05, 4.69) is 62.1 Å².